The van der Waals surface area contributed by atoms with Crippen molar-refractivity contribution < 1.29 is 8.42 Å². The van der Waals surface area contributed by atoms with Crippen LogP contribution in [0.25, 0.3) is 0 Å². The molecule has 1 aliphatic heterocycles. The van der Waals surface area contributed by atoms with Crippen molar-refractivity contribution in [3.63, 3.8) is 0 Å². The first-order valence-corrected chi connectivity index (χ1v) is 7.86. The molecule has 6 heteroatoms. The van der Waals surface area contributed by atoms with Gasteiger partial charge in [0.15, 0.2) is 0 Å². The zero-order chi connectivity index (χ0) is 14.1. The molecule has 1 aromatic carbocycles. The maximum Gasteiger partial charge on any atom is 0.277 e. The molecule has 0 amide bonds. The fourth-order valence-corrected chi connectivity index (χ4v) is 3.65. The molecule has 19 heavy (non-hydrogen) atoms. The predicted octanol–water partition coefficient (Wildman–Crippen LogP) is 1.25. The molecule has 0 radical (unpaired) electrons. The van der Waals surface area contributed by atoms with Crippen LogP contribution in [-0.2, 0) is 16.6 Å². The molecular weight excluding hydrogens is 262 g/mol. The molecule has 0 spiro atoms. The van der Waals surface area contributed by atoms with Crippen LogP contribution in [0.1, 0.15) is 26.3 Å². The maximum absolute atomic E-state index is 12.0. The van der Waals surface area contributed by atoms with Crippen LogP contribution in [0.2, 0.25) is 0 Å². The van der Waals surface area contributed by atoms with Crippen LogP contribution >= 0.6 is 0 Å². The van der Waals surface area contributed by atoms with Gasteiger partial charge < -0.3 is 5.32 Å². The Morgan fingerprint density at radius 3 is 2.63 bits per heavy atom. The molecule has 0 fully saturated rings. The Hall–Kier alpha value is -1.11. The summed E-state index contributed by atoms with van der Waals surface area (Å²) in [5, 5.41) is 3.24. The Balaban J connectivity index is 2.03. The van der Waals surface area contributed by atoms with Crippen molar-refractivity contribution in [2.75, 3.05) is 11.9 Å². The largest absolute Gasteiger partial charge is 0.383 e. The molecule has 1 aromatic rings. The maximum atomic E-state index is 12.0. The average Bonchev–Trinajstić information content (AvgIpc) is 2.24. The van der Waals surface area contributed by atoms with Crippen molar-refractivity contribution in [2.24, 2.45) is 0 Å². The van der Waals surface area contributed by atoms with E-state index in [0.29, 0.717) is 13.0 Å². The Bertz CT molecular complexity index is 549. The van der Waals surface area contributed by atoms with Crippen molar-refractivity contribution in [3.8, 4) is 0 Å². The van der Waals surface area contributed by atoms with E-state index in [1.165, 1.54) is 0 Å². The third-order valence-corrected chi connectivity index (χ3v) is 4.31. The standard InChI is InChI=1S/C13H21N3O2S/c1-13(2,3)16-19(17,18)15-11-8-10-6-4-5-7-12(10)14-9-11/h4-7,11,14-16H,8-9H2,1-3H3. The molecule has 1 heterocycles. The van der Waals surface area contributed by atoms with Crippen LogP contribution in [0.3, 0.4) is 0 Å². The first kappa shape index (κ1) is 14.3. The molecule has 1 atom stereocenters. The summed E-state index contributed by atoms with van der Waals surface area (Å²) in [4.78, 5) is 0. The number of para-hydroxylation sites is 1. The SMILES string of the molecule is CC(C)(C)NS(=O)(=O)NC1CNc2ccccc2C1. The van der Waals surface area contributed by atoms with Gasteiger partial charge >= 0.3 is 0 Å². The minimum atomic E-state index is -3.48. The normalized spacial score (nSPS) is 19.6. The minimum absolute atomic E-state index is 0.130. The zero-order valence-electron chi connectivity index (χ0n) is 11.5. The van der Waals surface area contributed by atoms with Crippen molar-refractivity contribution in [3.05, 3.63) is 29.8 Å². The highest BCUT2D eigenvalue weighted by Crippen LogP contribution is 2.21. The van der Waals surface area contributed by atoms with E-state index in [2.05, 4.69) is 14.8 Å². The van der Waals surface area contributed by atoms with Gasteiger partial charge in [-0.05, 0) is 38.8 Å². The molecule has 0 aliphatic carbocycles. The summed E-state index contributed by atoms with van der Waals surface area (Å²) in [5.41, 5.74) is 1.74. The van der Waals surface area contributed by atoms with Crippen LogP contribution in [0.5, 0.6) is 0 Å². The predicted molar refractivity (Wildman–Crippen MR) is 77.4 cm³/mol. The van der Waals surface area contributed by atoms with Crippen LogP contribution in [0.4, 0.5) is 5.69 Å². The molecule has 0 bridgehead atoms. The lowest BCUT2D eigenvalue weighted by Crippen LogP contribution is -2.52. The Kier molecular flexibility index (Phi) is 3.85. The number of benzene rings is 1. The third-order valence-electron chi connectivity index (χ3n) is 2.78. The lowest BCUT2D eigenvalue weighted by Gasteiger charge is -2.28. The van der Waals surface area contributed by atoms with E-state index in [0.717, 1.165) is 11.3 Å². The van der Waals surface area contributed by atoms with Crippen LogP contribution in [-0.4, -0.2) is 26.5 Å². The summed E-state index contributed by atoms with van der Waals surface area (Å²) in [5.74, 6) is 0. The van der Waals surface area contributed by atoms with Gasteiger partial charge in [-0.1, -0.05) is 18.2 Å². The van der Waals surface area contributed by atoms with Crippen molar-refractivity contribution in [1.82, 2.24) is 9.44 Å². The van der Waals surface area contributed by atoms with Gasteiger partial charge in [0.1, 0.15) is 0 Å². The van der Waals surface area contributed by atoms with E-state index >= 15 is 0 Å². The molecule has 5 nitrogen and oxygen atoms in total. The van der Waals surface area contributed by atoms with E-state index < -0.39 is 15.7 Å². The summed E-state index contributed by atoms with van der Waals surface area (Å²) in [7, 11) is -3.48. The van der Waals surface area contributed by atoms with Gasteiger partial charge in [0, 0.05) is 23.8 Å². The van der Waals surface area contributed by atoms with E-state index in [9.17, 15) is 8.42 Å². The third kappa shape index (κ3) is 4.19. The lowest BCUT2D eigenvalue weighted by atomic mass is 10.0. The monoisotopic (exact) mass is 283 g/mol. The Morgan fingerprint density at radius 1 is 1.26 bits per heavy atom. The number of hydrogen-bond donors (Lipinski definition) is 3. The molecule has 106 valence electrons. The van der Waals surface area contributed by atoms with Gasteiger partial charge in [-0.2, -0.15) is 17.9 Å². The van der Waals surface area contributed by atoms with Gasteiger partial charge in [-0.25, -0.2) is 0 Å². The number of fused-ring (bicyclic) bond motifs is 1. The summed E-state index contributed by atoms with van der Waals surface area (Å²) in [6.45, 7) is 6.06. The highest BCUT2D eigenvalue weighted by molar-refractivity contribution is 7.87. The van der Waals surface area contributed by atoms with Gasteiger partial charge in [0.05, 0.1) is 0 Å². The second-order valence-electron chi connectivity index (χ2n) is 5.91. The van der Waals surface area contributed by atoms with Crippen LogP contribution in [0.15, 0.2) is 24.3 Å². The molecule has 0 saturated carbocycles. The second-order valence-corrected chi connectivity index (χ2v) is 7.36. The van der Waals surface area contributed by atoms with E-state index in [-0.39, 0.29) is 6.04 Å². The molecule has 0 saturated heterocycles. The first-order valence-electron chi connectivity index (χ1n) is 6.38. The van der Waals surface area contributed by atoms with Crippen LogP contribution < -0.4 is 14.8 Å². The topological polar surface area (TPSA) is 70.2 Å². The molecule has 2 rings (SSSR count). The van der Waals surface area contributed by atoms with Gasteiger partial charge in [-0.3, -0.25) is 0 Å². The first-order chi connectivity index (χ1) is 8.75. The average molecular weight is 283 g/mol. The lowest BCUT2D eigenvalue weighted by molar-refractivity contribution is 0.473. The molecule has 0 aromatic heterocycles. The fourth-order valence-electron chi connectivity index (χ4n) is 2.18. The molecule has 1 unspecified atom stereocenters. The number of hydrogen-bond acceptors (Lipinski definition) is 3. The van der Waals surface area contributed by atoms with Gasteiger partial charge in [0.2, 0.25) is 0 Å². The smallest absolute Gasteiger partial charge is 0.277 e. The van der Waals surface area contributed by atoms with E-state index in [1.807, 2.05) is 45.0 Å². The number of anilines is 1. The molecular formula is C13H21N3O2S. The van der Waals surface area contributed by atoms with Crippen molar-refractivity contribution in [1.29, 1.82) is 0 Å². The van der Waals surface area contributed by atoms with Gasteiger partial charge in [0.25, 0.3) is 10.2 Å². The second kappa shape index (κ2) is 5.11. The highest BCUT2D eigenvalue weighted by atomic mass is 32.2. The van der Waals surface area contributed by atoms with Crippen LogP contribution in [0, 0.1) is 0 Å². The summed E-state index contributed by atoms with van der Waals surface area (Å²) < 4.78 is 29.2. The fraction of sp³-hybridized carbons (Fsp3) is 0.538. The van der Waals surface area contributed by atoms with Crippen molar-refractivity contribution in [2.45, 2.75) is 38.8 Å². The molecule has 3 N–H and O–H groups in total. The highest BCUT2D eigenvalue weighted by Gasteiger charge is 2.25. The number of nitrogens with one attached hydrogen (secondary N) is 3. The van der Waals surface area contributed by atoms with E-state index in [4.69, 9.17) is 0 Å². The number of rotatable bonds is 3. The summed E-state index contributed by atoms with van der Waals surface area (Å²) in [6.07, 6.45) is 0.703. The Labute approximate surface area is 115 Å². The molecule has 1 aliphatic rings. The summed E-state index contributed by atoms with van der Waals surface area (Å²) in [6, 6.07) is 7.82. The summed E-state index contributed by atoms with van der Waals surface area (Å²) >= 11 is 0. The van der Waals surface area contributed by atoms with E-state index in [1.54, 1.807) is 0 Å². The minimum Gasteiger partial charge on any atom is -0.383 e. The quantitative estimate of drug-likeness (QED) is 0.782. The van der Waals surface area contributed by atoms with Crippen molar-refractivity contribution >= 4 is 15.9 Å². The zero-order valence-corrected chi connectivity index (χ0v) is 12.3. The Morgan fingerprint density at radius 2 is 1.95 bits per heavy atom. The van der Waals surface area contributed by atoms with Gasteiger partial charge in [-0.15, -0.1) is 0 Å².